The van der Waals surface area contributed by atoms with E-state index in [4.69, 9.17) is 21.1 Å². The Balaban J connectivity index is 1.44. The largest absolute Gasteiger partial charge is 0.484 e. The van der Waals surface area contributed by atoms with E-state index in [-0.39, 0.29) is 24.8 Å². The number of rotatable bonds is 7. The van der Waals surface area contributed by atoms with E-state index in [1.807, 2.05) is 12.1 Å². The highest BCUT2D eigenvalue weighted by atomic mass is 35.5. The maximum atomic E-state index is 12.2. The van der Waals surface area contributed by atoms with Gasteiger partial charge in [0.25, 0.3) is 5.91 Å². The number of hydrogen-bond donors (Lipinski definition) is 1. The molecule has 27 heavy (non-hydrogen) atoms. The van der Waals surface area contributed by atoms with Crippen LogP contribution in [0.4, 0.5) is 5.69 Å². The lowest BCUT2D eigenvalue weighted by Crippen LogP contribution is -2.36. The molecule has 1 aliphatic rings. The highest BCUT2D eigenvalue weighted by Gasteiger charge is 2.13. The number of Topliss-reactive ketones (excluding diaryl/α,β-unsaturated/α-hetero) is 1. The zero-order valence-electron chi connectivity index (χ0n) is 14.8. The highest BCUT2D eigenvalue weighted by Crippen LogP contribution is 2.17. The summed E-state index contributed by atoms with van der Waals surface area (Å²) in [6, 6.07) is 14.1. The Hall–Kier alpha value is -2.57. The molecular weight excluding hydrogens is 368 g/mol. The van der Waals surface area contributed by atoms with Crippen LogP contribution in [-0.4, -0.2) is 51.1 Å². The van der Waals surface area contributed by atoms with Crippen molar-refractivity contribution in [3.63, 3.8) is 0 Å². The number of amides is 1. The monoisotopic (exact) mass is 388 g/mol. The summed E-state index contributed by atoms with van der Waals surface area (Å²) in [6.45, 7) is 2.88. The second kappa shape index (κ2) is 9.39. The summed E-state index contributed by atoms with van der Waals surface area (Å²) in [4.78, 5) is 26.3. The molecule has 7 heteroatoms. The molecule has 1 heterocycles. The summed E-state index contributed by atoms with van der Waals surface area (Å²) in [5, 5.41) is 3.17. The molecule has 1 amide bonds. The topological polar surface area (TPSA) is 67.9 Å². The fraction of sp³-hybridized carbons (Fsp3) is 0.300. The Morgan fingerprint density at radius 2 is 1.70 bits per heavy atom. The number of ketones is 1. The van der Waals surface area contributed by atoms with Gasteiger partial charge in [-0.15, -0.1) is 0 Å². The van der Waals surface area contributed by atoms with Gasteiger partial charge in [-0.2, -0.15) is 0 Å². The SMILES string of the molecule is O=C(COc1ccc(Cl)cc1)NCC(=O)c1ccc(N2CCOCC2)cc1. The first-order valence-electron chi connectivity index (χ1n) is 8.73. The summed E-state index contributed by atoms with van der Waals surface area (Å²) in [5.41, 5.74) is 1.63. The van der Waals surface area contributed by atoms with Crippen LogP contribution in [0.25, 0.3) is 0 Å². The lowest BCUT2D eigenvalue weighted by atomic mass is 10.1. The van der Waals surface area contributed by atoms with Gasteiger partial charge in [0, 0.05) is 29.4 Å². The van der Waals surface area contributed by atoms with Gasteiger partial charge in [-0.25, -0.2) is 0 Å². The van der Waals surface area contributed by atoms with Crippen molar-refractivity contribution >= 4 is 29.0 Å². The smallest absolute Gasteiger partial charge is 0.258 e. The van der Waals surface area contributed by atoms with Crippen molar-refractivity contribution in [2.45, 2.75) is 0 Å². The van der Waals surface area contributed by atoms with Crippen molar-refractivity contribution in [3.8, 4) is 5.75 Å². The van der Waals surface area contributed by atoms with E-state index in [1.54, 1.807) is 36.4 Å². The second-order valence-corrected chi connectivity index (χ2v) is 6.53. The first-order valence-corrected chi connectivity index (χ1v) is 9.10. The van der Waals surface area contributed by atoms with Crippen LogP contribution >= 0.6 is 11.6 Å². The predicted octanol–water partition coefficient (Wildman–Crippen LogP) is 2.55. The number of nitrogens with zero attached hydrogens (tertiary/aromatic N) is 1. The van der Waals surface area contributed by atoms with Gasteiger partial charge >= 0.3 is 0 Å². The van der Waals surface area contributed by atoms with E-state index in [9.17, 15) is 9.59 Å². The van der Waals surface area contributed by atoms with Crippen LogP contribution in [-0.2, 0) is 9.53 Å². The zero-order chi connectivity index (χ0) is 19.1. The van der Waals surface area contributed by atoms with Crippen LogP contribution in [0.2, 0.25) is 5.02 Å². The maximum Gasteiger partial charge on any atom is 0.258 e. The highest BCUT2D eigenvalue weighted by molar-refractivity contribution is 6.30. The standard InChI is InChI=1S/C20H21ClN2O4/c21-16-3-7-18(8-4-16)27-14-20(25)22-13-19(24)15-1-5-17(6-2-15)23-9-11-26-12-10-23/h1-8H,9-14H2,(H,22,25). The van der Waals surface area contributed by atoms with Crippen molar-refractivity contribution < 1.29 is 19.1 Å². The quantitative estimate of drug-likeness (QED) is 0.738. The molecule has 1 saturated heterocycles. The molecule has 2 aromatic rings. The number of hydrogen-bond acceptors (Lipinski definition) is 5. The van der Waals surface area contributed by atoms with Crippen LogP contribution < -0.4 is 15.0 Å². The second-order valence-electron chi connectivity index (χ2n) is 6.09. The lowest BCUT2D eigenvalue weighted by Gasteiger charge is -2.28. The molecule has 1 fully saturated rings. The van der Waals surface area contributed by atoms with Crippen LogP contribution in [0.1, 0.15) is 10.4 Å². The van der Waals surface area contributed by atoms with Gasteiger partial charge < -0.3 is 19.7 Å². The molecule has 3 rings (SSSR count). The van der Waals surface area contributed by atoms with E-state index in [0.717, 1.165) is 18.8 Å². The molecule has 0 radical (unpaired) electrons. The molecule has 2 aromatic carbocycles. The molecule has 0 aliphatic carbocycles. The molecule has 0 saturated carbocycles. The molecule has 0 bridgehead atoms. The number of halogens is 1. The summed E-state index contributed by atoms with van der Waals surface area (Å²) in [7, 11) is 0. The minimum Gasteiger partial charge on any atom is -0.484 e. The van der Waals surface area contributed by atoms with Crippen molar-refractivity contribution in [3.05, 3.63) is 59.1 Å². The van der Waals surface area contributed by atoms with Crippen molar-refractivity contribution in [1.82, 2.24) is 5.32 Å². The third-order valence-electron chi connectivity index (χ3n) is 4.20. The fourth-order valence-electron chi connectivity index (χ4n) is 2.69. The third kappa shape index (κ3) is 5.70. The number of carbonyl (C=O) groups excluding carboxylic acids is 2. The Morgan fingerprint density at radius 3 is 2.37 bits per heavy atom. The van der Waals surface area contributed by atoms with Gasteiger partial charge in [0.1, 0.15) is 5.75 Å². The predicted molar refractivity (Wildman–Crippen MR) is 104 cm³/mol. The van der Waals surface area contributed by atoms with Gasteiger partial charge in [0.2, 0.25) is 0 Å². The summed E-state index contributed by atoms with van der Waals surface area (Å²) in [6.07, 6.45) is 0. The van der Waals surface area contributed by atoms with Crippen LogP contribution in [0, 0.1) is 0 Å². The normalized spacial score (nSPS) is 13.9. The van der Waals surface area contributed by atoms with Gasteiger partial charge in [0.15, 0.2) is 12.4 Å². The van der Waals surface area contributed by atoms with Crippen LogP contribution in [0.3, 0.4) is 0 Å². The van der Waals surface area contributed by atoms with E-state index in [0.29, 0.717) is 29.5 Å². The molecule has 0 unspecified atom stereocenters. The fourth-order valence-corrected chi connectivity index (χ4v) is 2.82. The molecule has 1 N–H and O–H groups in total. The first-order chi connectivity index (χ1) is 13.1. The Morgan fingerprint density at radius 1 is 1.04 bits per heavy atom. The van der Waals surface area contributed by atoms with E-state index < -0.39 is 0 Å². The van der Waals surface area contributed by atoms with Gasteiger partial charge in [0.05, 0.1) is 19.8 Å². The number of morpholine rings is 1. The molecular formula is C20H21ClN2O4. The molecule has 0 aromatic heterocycles. The molecule has 0 atom stereocenters. The molecule has 142 valence electrons. The van der Waals surface area contributed by atoms with Gasteiger partial charge in [-0.05, 0) is 48.5 Å². The first kappa shape index (κ1) is 19.2. The average Bonchev–Trinajstić information content (AvgIpc) is 2.72. The van der Waals surface area contributed by atoms with E-state index in [2.05, 4.69) is 10.2 Å². The zero-order valence-corrected chi connectivity index (χ0v) is 15.6. The summed E-state index contributed by atoms with van der Waals surface area (Å²) < 4.78 is 10.7. The van der Waals surface area contributed by atoms with Gasteiger partial charge in [-0.1, -0.05) is 11.6 Å². The maximum absolute atomic E-state index is 12.2. The van der Waals surface area contributed by atoms with E-state index >= 15 is 0 Å². The number of nitrogens with one attached hydrogen (secondary N) is 1. The lowest BCUT2D eigenvalue weighted by molar-refractivity contribution is -0.122. The molecule has 6 nitrogen and oxygen atoms in total. The number of benzene rings is 2. The number of carbonyl (C=O) groups is 2. The van der Waals surface area contributed by atoms with Crippen molar-refractivity contribution in [1.29, 1.82) is 0 Å². The molecule has 1 aliphatic heterocycles. The Bertz CT molecular complexity index is 772. The summed E-state index contributed by atoms with van der Waals surface area (Å²) in [5.74, 6) is 0.0335. The number of ether oxygens (including phenoxy) is 2. The third-order valence-corrected chi connectivity index (χ3v) is 4.45. The Kier molecular flexibility index (Phi) is 6.68. The van der Waals surface area contributed by atoms with Crippen LogP contribution in [0.5, 0.6) is 5.75 Å². The average molecular weight is 389 g/mol. The number of anilines is 1. The van der Waals surface area contributed by atoms with Crippen LogP contribution in [0.15, 0.2) is 48.5 Å². The van der Waals surface area contributed by atoms with Gasteiger partial charge in [-0.3, -0.25) is 9.59 Å². The van der Waals surface area contributed by atoms with E-state index in [1.165, 1.54) is 0 Å². The van der Waals surface area contributed by atoms with Crippen molar-refractivity contribution in [2.75, 3.05) is 44.4 Å². The Labute approximate surface area is 163 Å². The minimum absolute atomic E-state index is 0.0697. The molecule has 0 spiro atoms. The summed E-state index contributed by atoms with van der Waals surface area (Å²) >= 11 is 5.79. The van der Waals surface area contributed by atoms with Crippen molar-refractivity contribution in [2.24, 2.45) is 0 Å². The minimum atomic E-state index is -0.358.